The molecule has 0 aliphatic carbocycles. The maximum atomic E-state index is 12.9. The molecule has 3 aromatic rings. The number of carbonyl (C=O) groups is 2. The number of nitrogens with zero attached hydrogens (tertiary/aromatic N) is 1. The van der Waals surface area contributed by atoms with E-state index in [0.29, 0.717) is 11.3 Å². The molecule has 0 radical (unpaired) electrons. The van der Waals surface area contributed by atoms with E-state index in [9.17, 15) is 22.8 Å². The first-order chi connectivity index (χ1) is 16.2. The quantitative estimate of drug-likeness (QED) is 0.515. The van der Waals surface area contributed by atoms with Crippen molar-refractivity contribution in [3.05, 3.63) is 83.4 Å². The number of nitrogens with one attached hydrogen (secondary N) is 2. The first-order valence-corrected chi connectivity index (χ1v) is 9.79. The highest BCUT2D eigenvalue weighted by molar-refractivity contribution is 6.05. The standard InChI is InChI=1S/C24H18F3N3O4/c1-33-21-10-15(13-28)8-9-20(21)34-14-22(31)29-18-6-2-4-16(11-18)23(32)30-19-7-3-5-17(12-19)24(25,26)27/h2-12H,14H2,1H3,(H,29,31)(H,30,32). The molecule has 0 spiro atoms. The molecular weight excluding hydrogens is 451 g/mol. The summed E-state index contributed by atoms with van der Waals surface area (Å²) in [4.78, 5) is 24.8. The van der Waals surface area contributed by atoms with E-state index in [1.165, 1.54) is 55.6 Å². The number of hydrogen-bond acceptors (Lipinski definition) is 5. The Hall–Kier alpha value is -4.52. The van der Waals surface area contributed by atoms with Gasteiger partial charge in [0.2, 0.25) is 0 Å². The monoisotopic (exact) mass is 469 g/mol. The van der Waals surface area contributed by atoms with Crippen LogP contribution in [-0.2, 0) is 11.0 Å². The molecule has 0 fully saturated rings. The third-order valence-electron chi connectivity index (χ3n) is 4.51. The highest BCUT2D eigenvalue weighted by atomic mass is 19.4. The van der Waals surface area contributed by atoms with Gasteiger partial charge >= 0.3 is 6.18 Å². The van der Waals surface area contributed by atoms with Crippen LogP contribution < -0.4 is 20.1 Å². The van der Waals surface area contributed by atoms with Gasteiger partial charge in [-0.25, -0.2) is 0 Å². The summed E-state index contributed by atoms with van der Waals surface area (Å²) in [6.45, 7) is -0.372. The average molecular weight is 469 g/mol. The summed E-state index contributed by atoms with van der Waals surface area (Å²) >= 11 is 0. The van der Waals surface area contributed by atoms with Crippen LogP contribution in [0.1, 0.15) is 21.5 Å². The van der Waals surface area contributed by atoms with Gasteiger partial charge in [0.1, 0.15) is 0 Å². The Morgan fingerprint density at radius 1 is 0.941 bits per heavy atom. The number of benzene rings is 3. The fourth-order valence-corrected chi connectivity index (χ4v) is 2.91. The molecule has 0 aromatic heterocycles. The number of amides is 2. The molecule has 2 N–H and O–H groups in total. The molecule has 0 aliphatic rings. The van der Waals surface area contributed by atoms with Crippen LogP contribution in [0.2, 0.25) is 0 Å². The number of carbonyl (C=O) groups excluding carboxylic acids is 2. The molecule has 0 atom stereocenters. The van der Waals surface area contributed by atoms with Crippen LogP contribution in [0, 0.1) is 11.3 Å². The molecule has 3 rings (SSSR count). The summed E-state index contributed by atoms with van der Waals surface area (Å²) in [5.41, 5.74) is -0.111. The van der Waals surface area contributed by atoms with E-state index in [1.54, 1.807) is 6.07 Å². The maximum absolute atomic E-state index is 12.9. The second-order valence-corrected chi connectivity index (χ2v) is 6.93. The van der Waals surface area contributed by atoms with Gasteiger partial charge in [0.05, 0.1) is 24.3 Å². The summed E-state index contributed by atoms with van der Waals surface area (Å²) < 4.78 is 49.2. The number of halogens is 3. The van der Waals surface area contributed by atoms with Crippen LogP contribution in [0.5, 0.6) is 11.5 Å². The zero-order valence-corrected chi connectivity index (χ0v) is 17.8. The maximum Gasteiger partial charge on any atom is 0.416 e. The Labute approximate surface area is 192 Å². The summed E-state index contributed by atoms with van der Waals surface area (Å²) in [5, 5.41) is 13.9. The fraction of sp³-hybridized carbons (Fsp3) is 0.125. The summed E-state index contributed by atoms with van der Waals surface area (Å²) in [6.07, 6.45) is -4.53. The number of rotatable bonds is 7. The minimum atomic E-state index is -4.53. The zero-order chi connectivity index (χ0) is 24.7. The number of hydrogen-bond donors (Lipinski definition) is 2. The lowest BCUT2D eigenvalue weighted by Gasteiger charge is -2.12. The number of nitriles is 1. The van der Waals surface area contributed by atoms with Crippen molar-refractivity contribution in [1.82, 2.24) is 0 Å². The molecular formula is C24H18F3N3O4. The zero-order valence-electron chi connectivity index (χ0n) is 17.8. The topological polar surface area (TPSA) is 100 Å². The lowest BCUT2D eigenvalue weighted by atomic mass is 10.1. The van der Waals surface area contributed by atoms with Gasteiger partial charge in [0, 0.05) is 23.0 Å². The van der Waals surface area contributed by atoms with E-state index in [2.05, 4.69) is 10.6 Å². The SMILES string of the molecule is COc1cc(C#N)ccc1OCC(=O)Nc1cccc(C(=O)Nc2cccc(C(F)(F)F)c2)c1. The predicted octanol–water partition coefficient (Wildman–Crippen LogP) is 4.86. The van der Waals surface area contributed by atoms with Gasteiger partial charge in [-0.15, -0.1) is 0 Å². The van der Waals surface area contributed by atoms with Crippen LogP contribution in [0.4, 0.5) is 24.5 Å². The summed E-state index contributed by atoms with van der Waals surface area (Å²) in [5.74, 6) is -0.609. The third-order valence-corrected chi connectivity index (χ3v) is 4.51. The molecule has 2 amide bonds. The highest BCUT2D eigenvalue weighted by Crippen LogP contribution is 2.31. The molecule has 0 bridgehead atoms. The van der Waals surface area contributed by atoms with Crippen molar-refractivity contribution in [2.75, 3.05) is 24.4 Å². The smallest absolute Gasteiger partial charge is 0.416 e. The Kier molecular flexibility index (Phi) is 7.38. The van der Waals surface area contributed by atoms with Gasteiger partial charge in [-0.05, 0) is 48.5 Å². The summed E-state index contributed by atoms with van der Waals surface area (Å²) in [6, 6.07) is 16.6. The van der Waals surface area contributed by atoms with E-state index in [-0.39, 0.29) is 29.3 Å². The molecule has 3 aromatic carbocycles. The Balaban J connectivity index is 1.63. The first kappa shape index (κ1) is 24.1. The number of anilines is 2. The van der Waals surface area contributed by atoms with Crippen LogP contribution in [0.15, 0.2) is 66.7 Å². The molecule has 7 nitrogen and oxygen atoms in total. The second kappa shape index (κ2) is 10.4. The average Bonchev–Trinajstić information content (AvgIpc) is 2.82. The van der Waals surface area contributed by atoms with Crippen LogP contribution in [0.25, 0.3) is 0 Å². The molecule has 0 saturated heterocycles. The first-order valence-electron chi connectivity index (χ1n) is 9.79. The number of alkyl halides is 3. The molecule has 34 heavy (non-hydrogen) atoms. The van der Waals surface area contributed by atoms with E-state index < -0.39 is 23.6 Å². The van der Waals surface area contributed by atoms with E-state index in [1.807, 2.05) is 6.07 Å². The van der Waals surface area contributed by atoms with Crippen molar-refractivity contribution in [2.45, 2.75) is 6.18 Å². The molecule has 0 aliphatic heterocycles. The molecule has 10 heteroatoms. The Bertz CT molecular complexity index is 1250. The van der Waals surface area contributed by atoms with E-state index in [0.717, 1.165) is 12.1 Å². The van der Waals surface area contributed by atoms with Crippen LogP contribution in [0.3, 0.4) is 0 Å². The second-order valence-electron chi connectivity index (χ2n) is 6.93. The predicted molar refractivity (Wildman–Crippen MR) is 118 cm³/mol. The highest BCUT2D eigenvalue weighted by Gasteiger charge is 2.30. The largest absolute Gasteiger partial charge is 0.493 e. The molecule has 0 saturated carbocycles. The van der Waals surface area contributed by atoms with Crippen molar-refractivity contribution >= 4 is 23.2 Å². The Morgan fingerprint density at radius 3 is 2.32 bits per heavy atom. The molecule has 174 valence electrons. The van der Waals surface area contributed by atoms with Crippen molar-refractivity contribution in [2.24, 2.45) is 0 Å². The van der Waals surface area contributed by atoms with Gasteiger partial charge < -0.3 is 20.1 Å². The minimum Gasteiger partial charge on any atom is -0.493 e. The van der Waals surface area contributed by atoms with Gasteiger partial charge in [-0.1, -0.05) is 12.1 Å². The van der Waals surface area contributed by atoms with Crippen molar-refractivity contribution in [3.8, 4) is 17.6 Å². The van der Waals surface area contributed by atoms with Gasteiger partial charge in [-0.3, -0.25) is 9.59 Å². The van der Waals surface area contributed by atoms with Gasteiger partial charge in [0.25, 0.3) is 11.8 Å². The lowest BCUT2D eigenvalue weighted by Crippen LogP contribution is -2.21. The Morgan fingerprint density at radius 2 is 1.65 bits per heavy atom. The fourth-order valence-electron chi connectivity index (χ4n) is 2.91. The van der Waals surface area contributed by atoms with Crippen molar-refractivity contribution < 1.29 is 32.2 Å². The molecule has 0 heterocycles. The minimum absolute atomic E-state index is 0.0148. The lowest BCUT2D eigenvalue weighted by molar-refractivity contribution is -0.137. The van der Waals surface area contributed by atoms with Gasteiger partial charge in [0.15, 0.2) is 18.1 Å². The normalized spacial score (nSPS) is 10.7. The van der Waals surface area contributed by atoms with E-state index in [4.69, 9.17) is 14.7 Å². The van der Waals surface area contributed by atoms with Crippen molar-refractivity contribution in [1.29, 1.82) is 5.26 Å². The number of ether oxygens (including phenoxy) is 2. The van der Waals surface area contributed by atoms with E-state index >= 15 is 0 Å². The van der Waals surface area contributed by atoms with Crippen LogP contribution >= 0.6 is 0 Å². The van der Waals surface area contributed by atoms with Gasteiger partial charge in [-0.2, -0.15) is 18.4 Å². The van der Waals surface area contributed by atoms with Crippen molar-refractivity contribution in [3.63, 3.8) is 0 Å². The third kappa shape index (κ3) is 6.26. The molecule has 0 unspecified atom stereocenters. The van der Waals surface area contributed by atoms with Crippen LogP contribution in [-0.4, -0.2) is 25.5 Å². The number of methoxy groups -OCH3 is 1. The summed E-state index contributed by atoms with van der Waals surface area (Å²) in [7, 11) is 1.40.